The second kappa shape index (κ2) is 10.2. The Hall–Kier alpha value is -2.16. The molecule has 0 spiro atoms. The van der Waals surface area contributed by atoms with Gasteiger partial charge in [-0.1, -0.05) is 49.1 Å². The molecule has 1 aliphatic rings. The highest BCUT2D eigenvalue weighted by Crippen LogP contribution is 2.22. The van der Waals surface area contributed by atoms with Crippen molar-refractivity contribution >= 4 is 17.6 Å². The lowest BCUT2D eigenvalue weighted by molar-refractivity contribution is -0.437. The summed E-state index contributed by atoms with van der Waals surface area (Å²) in [6.07, 6.45) is 6.57. The fourth-order valence-corrected chi connectivity index (χ4v) is 3.13. The van der Waals surface area contributed by atoms with Crippen molar-refractivity contribution in [2.24, 2.45) is 16.5 Å². The van der Waals surface area contributed by atoms with Gasteiger partial charge >= 0.3 is 5.70 Å². The molecular weight excluding hydrogens is 368 g/mol. The predicted molar refractivity (Wildman–Crippen MR) is 108 cm³/mol. The molecule has 148 valence electrons. The van der Waals surface area contributed by atoms with Crippen molar-refractivity contribution in [1.29, 1.82) is 0 Å². The van der Waals surface area contributed by atoms with Crippen LogP contribution in [0.5, 0.6) is 0 Å². The summed E-state index contributed by atoms with van der Waals surface area (Å²) >= 11 is 6.14. The topological polar surface area (TPSA) is 132 Å². The van der Waals surface area contributed by atoms with E-state index in [1.807, 2.05) is 18.2 Å². The quantitative estimate of drug-likeness (QED) is 0.274. The van der Waals surface area contributed by atoms with E-state index in [1.165, 1.54) is 6.20 Å². The maximum atomic E-state index is 11.4. The molecule has 0 bridgehead atoms. The molecule has 0 amide bonds. The molecule has 1 aromatic carbocycles. The first-order chi connectivity index (χ1) is 13.0. The van der Waals surface area contributed by atoms with E-state index in [9.17, 15) is 10.1 Å². The largest absolute Gasteiger partial charge is 0.330 e. The summed E-state index contributed by atoms with van der Waals surface area (Å²) in [5, 5.41) is 17.8. The van der Waals surface area contributed by atoms with Gasteiger partial charge in [0, 0.05) is 5.02 Å². The number of hydrogen-bond donors (Lipinski definition) is 4. The first-order valence-corrected chi connectivity index (χ1v) is 9.50. The molecule has 6 N–H and O–H groups in total. The lowest BCUT2D eigenvalue weighted by atomic mass is 9.97. The van der Waals surface area contributed by atoms with Crippen molar-refractivity contribution in [1.82, 2.24) is 10.6 Å². The maximum Gasteiger partial charge on any atom is 0.301 e. The molecule has 1 atom stereocenters. The number of unbranched alkanes of at least 4 members (excludes halogenated alkanes) is 4. The van der Waals surface area contributed by atoms with E-state index in [0.717, 1.165) is 37.7 Å². The van der Waals surface area contributed by atoms with Crippen molar-refractivity contribution < 1.29 is 4.92 Å². The number of nitro groups is 1. The summed E-state index contributed by atoms with van der Waals surface area (Å²) in [5.41, 5.74) is 11.3. The predicted octanol–water partition coefficient (Wildman–Crippen LogP) is 2.46. The Labute approximate surface area is 164 Å². The second-order valence-electron chi connectivity index (χ2n) is 6.59. The van der Waals surface area contributed by atoms with E-state index in [2.05, 4.69) is 15.6 Å². The van der Waals surface area contributed by atoms with Crippen molar-refractivity contribution in [3.8, 4) is 0 Å². The molecule has 0 saturated carbocycles. The van der Waals surface area contributed by atoms with Crippen LogP contribution in [0.25, 0.3) is 0 Å². The SMILES string of the molecule is NCCCCCCCC1(N)NC(=NCc2ccccc2Cl)NC=C1[N+](=O)[O-]. The Balaban J connectivity index is 2.02. The normalized spacial score (nSPS) is 20.7. The van der Waals surface area contributed by atoms with E-state index in [0.29, 0.717) is 30.5 Å². The monoisotopic (exact) mass is 394 g/mol. The van der Waals surface area contributed by atoms with Gasteiger partial charge in [0.25, 0.3) is 0 Å². The van der Waals surface area contributed by atoms with Gasteiger partial charge in [-0.15, -0.1) is 0 Å². The van der Waals surface area contributed by atoms with Gasteiger partial charge in [-0.2, -0.15) is 0 Å². The fraction of sp³-hybridized carbons (Fsp3) is 0.500. The summed E-state index contributed by atoms with van der Waals surface area (Å²) in [4.78, 5) is 15.3. The number of rotatable bonds is 10. The Morgan fingerprint density at radius 2 is 1.89 bits per heavy atom. The summed E-state index contributed by atoms with van der Waals surface area (Å²) in [6, 6.07) is 7.40. The average molecular weight is 395 g/mol. The van der Waals surface area contributed by atoms with Crippen molar-refractivity contribution in [3.05, 3.63) is 56.9 Å². The smallest absolute Gasteiger partial charge is 0.301 e. The van der Waals surface area contributed by atoms with Crippen molar-refractivity contribution in [3.63, 3.8) is 0 Å². The van der Waals surface area contributed by atoms with Gasteiger partial charge in [0.2, 0.25) is 0 Å². The Morgan fingerprint density at radius 1 is 1.19 bits per heavy atom. The van der Waals surface area contributed by atoms with Crippen LogP contribution in [0.4, 0.5) is 0 Å². The Bertz CT molecular complexity index is 709. The summed E-state index contributed by atoms with van der Waals surface area (Å²) in [7, 11) is 0. The van der Waals surface area contributed by atoms with Crippen molar-refractivity contribution in [2.45, 2.75) is 50.7 Å². The fourth-order valence-electron chi connectivity index (χ4n) is 2.94. The molecule has 1 heterocycles. The molecule has 0 radical (unpaired) electrons. The van der Waals surface area contributed by atoms with Crippen LogP contribution in [0.2, 0.25) is 5.02 Å². The molecule has 8 nitrogen and oxygen atoms in total. The third-order valence-electron chi connectivity index (χ3n) is 4.48. The third-order valence-corrected chi connectivity index (χ3v) is 4.85. The van der Waals surface area contributed by atoms with Crippen LogP contribution in [-0.2, 0) is 6.54 Å². The highest BCUT2D eigenvalue weighted by Gasteiger charge is 2.42. The van der Waals surface area contributed by atoms with E-state index < -0.39 is 10.6 Å². The van der Waals surface area contributed by atoms with Gasteiger partial charge < -0.3 is 16.4 Å². The van der Waals surface area contributed by atoms with E-state index in [4.69, 9.17) is 23.1 Å². The third kappa shape index (κ3) is 6.20. The lowest BCUT2D eigenvalue weighted by Crippen LogP contribution is -2.64. The lowest BCUT2D eigenvalue weighted by Gasteiger charge is -2.32. The Morgan fingerprint density at radius 3 is 2.59 bits per heavy atom. The minimum atomic E-state index is -1.26. The summed E-state index contributed by atoms with van der Waals surface area (Å²) < 4.78 is 0. The van der Waals surface area contributed by atoms with Crippen LogP contribution in [0, 0.1) is 10.1 Å². The minimum Gasteiger partial charge on any atom is -0.330 e. The van der Waals surface area contributed by atoms with Crippen LogP contribution in [0.1, 0.15) is 44.1 Å². The number of hydrogen-bond acceptors (Lipinski definition) is 5. The maximum absolute atomic E-state index is 11.4. The summed E-state index contributed by atoms with van der Waals surface area (Å²) in [5.74, 6) is 0.395. The van der Waals surface area contributed by atoms with Crippen LogP contribution < -0.4 is 22.1 Å². The minimum absolute atomic E-state index is 0.0962. The molecule has 2 rings (SSSR count). The second-order valence-corrected chi connectivity index (χ2v) is 7.00. The molecule has 9 heteroatoms. The number of nitrogens with two attached hydrogens (primary N) is 2. The molecular formula is C18H27ClN6O2. The molecule has 0 saturated heterocycles. The number of benzene rings is 1. The zero-order valence-corrected chi connectivity index (χ0v) is 16.0. The van der Waals surface area contributed by atoms with Crippen LogP contribution in [-0.4, -0.2) is 23.1 Å². The van der Waals surface area contributed by atoms with Crippen LogP contribution >= 0.6 is 11.6 Å². The van der Waals surface area contributed by atoms with Gasteiger partial charge in [0.15, 0.2) is 11.6 Å². The van der Waals surface area contributed by atoms with Crippen LogP contribution in [0.3, 0.4) is 0 Å². The molecule has 1 unspecified atom stereocenters. The van der Waals surface area contributed by atoms with Crippen molar-refractivity contribution in [2.75, 3.05) is 6.54 Å². The van der Waals surface area contributed by atoms with Crippen LogP contribution in [0.15, 0.2) is 41.2 Å². The van der Waals surface area contributed by atoms with Gasteiger partial charge in [-0.3, -0.25) is 15.8 Å². The highest BCUT2D eigenvalue weighted by molar-refractivity contribution is 6.31. The first-order valence-electron chi connectivity index (χ1n) is 9.13. The van der Waals surface area contributed by atoms with Gasteiger partial charge in [-0.25, -0.2) is 4.99 Å². The first kappa shape index (κ1) is 21.1. The molecule has 1 aromatic rings. The zero-order chi connectivity index (χ0) is 19.7. The molecule has 0 fully saturated rings. The zero-order valence-electron chi connectivity index (χ0n) is 15.3. The Kier molecular flexibility index (Phi) is 8.02. The average Bonchev–Trinajstić information content (AvgIpc) is 2.63. The number of aliphatic imine (C=N–C) groups is 1. The standard InChI is InChI=1S/C18H27ClN6O2/c19-15-9-5-4-8-14(15)12-22-17-23-13-16(25(26)27)18(21,24-17)10-6-2-1-3-7-11-20/h4-5,8-9,13H,1-3,6-7,10-12,20-21H2,(H2,22,23,24). The van der Waals surface area contributed by atoms with Gasteiger partial charge in [0.1, 0.15) is 0 Å². The number of guanidine groups is 1. The van der Waals surface area contributed by atoms with E-state index >= 15 is 0 Å². The number of halogens is 1. The van der Waals surface area contributed by atoms with E-state index in [1.54, 1.807) is 6.07 Å². The number of nitrogens with one attached hydrogen (secondary N) is 2. The molecule has 0 aromatic heterocycles. The molecule has 0 aliphatic carbocycles. The van der Waals surface area contributed by atoms with E-state index in [-0.39, 0.29) is 5.70 Å². The molecule has 1 aliphatic heterocycles. The van der Waals surface area contributed by atoms with Gasteiger partial charge in [-0.05, 0) is 37.4 Å². The number of nitrogens with zero attached hydrogens (tertiary/aromatic N) is 2. The highest BCUT2D eigenvalue weighted by atomic mass is 35.5. The molecule has 27 heavy (non-hydrogen) atoms. The van der Waals surface area contributed by atoms with Gasteiger partial charge in [0.05, 0.1) is 17.7 Å². The summed E-state index contributed by atoms with van der Waals surface area (Å²) in [6.45, 7) is 1.03.